The molecular weight excluding hydrogens is 248 g/mol. The molecule has 1 aliphatic heterocycles. The summed E-state index contributed by atoms with van der Waals surface area (Å²) in [5.74, 6) is 2.81. The van der Waals surface area contributed by atoms with Crippen molar-refractivity contribution >= 4 is 11.8 Å². The van der Waals surface area contributed by atoms with Crippen molar-refractivity contribution in [2.24, 2.45) is 0 Å². The van der Waals surface area contributed by atoms with Crippen LogP contribution in [0.3, 0.4) is 0 Å². The summed E-state index contributed by atoms with van der Waals surface area (Å²) in [7, 11) is 2.06. The Morgan fingerprint density at radius 1 is 1.61 bits per heavy atom. The highest BCUT2D eigenvalue weighted by atomic mass is 32.2. The van der Waals surface area contributed by atoms with Gasteiger partial charge in [0.05, 0.1) is 18.9 Å². The average molecular weight is 268 g/mol. The minimum atomic E-state index is -0.504. The molecule has 1 aromatic rings. The maximum atomic E-state index is 10.5. The van der Waals surface area contributed by atoms with Crippen molar-refractivity contribution in [3.63, 3.8) is 0 Å². The second kappa shape index (κ2) is 6.41. The lowest BCUT2D eigenvalue weighted by molar-refractivity contribution is 0.0754. The van der Waals surface area contributed by atoms with E-state index < -0.39 is 6.10 Å². The van der Waals surface area contributed by atoms with Crippen LogP contribution >= 0.6 is 11.8 Å². The fourth-order valence-corrected chi connectivity index (χ4v) is 3.36. The molecule has 0 spiro atoms. The van der Waals surface area contributed by atoms with E-state index in [2.05, 4.69) is 16.9 Å². The van der Waals surface area contributed by atoms with E-state index in [0.29, 0.717) is 6.61 Å². The van der Waals surface area contributed by atoms with Crippen molar-refractivity contribution in [1.82, 2.24) is 9.88 Å². The molecule has 1 N–H and O–H groups in total. The molecule has 2 unspecified atom stereocenters. The first kappa shape index (κ1) is 13.6. The lowest BCUT2D eigenvalue weighted by Crippen LogP contribution is -2.43. The van der Waals surface area contributed by atoms with Crippen LogP contribution in [0, 0.1) is 0 Å². The van der Waals surface area contributed by atoms with Gasteiger partial charge in [-0.1, -0.05) is 0 Å². The molecule has 1 aliphatic rings. The smallest absolute Gasteiger partial charge is 0.137 e. The van der Waals surface area contributed by atoms with Crippen molar-refractivity contribution in [1.29, 1.82) is 0 Å². The van der Waals surface area contributed by atoms with Gasteiger partial charge < -0.3 is 9.84 Å². The summed E-state index contributed by atoms with van der Waals surface area (Å²) < 4.78 is 5.42. The number of hydrogen-bond donors (Lipinski definition) is 1. The third-order valence-corrected chi connectivity index (χ3v) is 4.24. The predicted octanol–water partition coefficient (Wildman–Crippen LogP) is 1.56. The molecule has 5 heteroatoms. The fraction of sp³-hybridized carbons (Fsp3) is 0.615. The van der Waals surface area contributed by atoms with Crippen LogP contribution in [0.1, 0.15) is 18.6 Å². The van der Waals surface area contributed by atoms with Crippen LogP contribution in [0.25, 0.3) is 0 Å². The van der Waals surface area contributed by atoms with Crippen molar-refractivity contribution in [3.8, 4) is 5.75 Å². The molecule has 0 bridgehead atoms. The Morgan fingerprint density at radius 2 is 2.44 bits per heavy atom. The van der Waals surface area contributed by atoms with Crippen molar-refractivity contribution < 1.29 is 9.84 Å². The van der Waals surface area contributed by atoms with Gasteiger partial charge in [-0.15, -0.1) is 0 Å². The lowest BCUT2D eigenvalue weighted by atomic mass is 10.0. The second-order valence-electron chi connectivity index (χ2n) is 4.45. The molecule has 0 saturated carbocycles. The molecule has 0 aliphatic carbocycles. The minimum absolute atomic E-state index is 0.155. The minimum Gasteiger partial charge on any atom is -0.492 e. The molecule has 1 aromatic heterocycles. The third-order valence-electron chi connectivity index (χ3n) is 3.19. The van der Waals surface area contributed by atoms with E-state index in [1.54, 1.807) is 12.4 Å². The summed E-state index contributed by atoms with van der Waals surface area (Å²) in [6.45, 7) is 3.57. The summed E-state index contributed by atoms with van der Waals surface area (Å²) in [4.78, 5) is 6.35. The molecule has 2 heterocycles. The number of aliphatic hydroxyl groups is 1. The van der Waals surface area contributed by atoms with E-state index in [0.717, 1.165) is 29.4 Å². The maximum absolute atomic E-state index is 10.5. The van der Waals surface area contributed by atoms with Crippen molar-refractivity contribution in [3.05, 3.63) is 24.0 Å². The predicted molar refractivity (Wildman–Crippen MR) is 74.1 cm³/mol. The van der Waals surface area contributed by atoms with Crippen molar-refractivity contribution in [2.45, 2.75) is 19.1 Å². The first-order valence-electron chi connectivity index (χ1n) is 6.26. The van der Waals surface area contributed by atoms with Gasteiger partial charge in [0.2, 0.25) is 0 Å². The lowest BCUT2D eigenvalue weighted by Gasteiger charge is -2.35. The summed E-state index contributed by atoms with van der Waals surface area (Å²) in [5, 5.41) is 10.5. The van der Waals surface area contributed by atoms with Crippen LogP contribution in [0.4, 0.5) is 0 Å². The van der Waals surface area contributed by atoms with Gasteiger partial charge in [0.1, 0.15) is 5.75 Å². The highest BCUT2D eigenvalue weighted by Gasteiger charge is 2.28. The Balaban J connectivity index is 2.11. The number of rotatable bonds is 4. The molecule has 0 radical (unpaired) electrons. The number of nitrogens with zero attached hydrogens (tertiary/aromatic N) is 2. The van der Waals surface area contributed by atoms with Gasteiger partial charge in [-0.05, 0) is 20.0 Å². The Hall–Kier alpha value is -0.780. The summed E-state index contributed by atoms with van der Waals surface area (Å²) in [6, 6.07) is 2.04. The molecular formula is C13H20N2O2S. The number of ether oxygens (including phenoxy) is 1. The Kier molecular flexibility index (Phi) is 4.86. The standard InChI is InChI=1S/C13H20N2O2S/c1-3-17-11-6-10(7-14-8-11)13(16)12-9-18-5-4-15(12)2/h6-8,12-13,16H,3-5,9H2,1-2H3. The number of aromatic nitrogens is 1. The van der Waals surface area contributed by atoms with Gasteiger partial charge >= 0.3 is 0 Å². The quantitative estimate of drug-likeness (QED) is 0.898. The molecule has 2 rings (SSSR count). The first-order valence-corrected chi connectivity index (χ1v) is 7.41. The highest BCUT2D eigenvalue weighted by Crippen LogP contribution is 2.27. The number of thioether (sulfide) groups is 1. The fourth-order valence-electron chi connectivity index (χ4n) is 2.10. The van der Waals surface area contributed by atoms with Gasteiger partial charge in [-0.3, -0.25) is 9.88 Å². The Morgan fingerprint density at radius 3 is 3.17 bits per heavy atom. The summed E-state index contributed by atoms with van der Waals surface area (Å²) in [5.41, 5.74) is 0.834. The van der Waals surface area contributed by atoms with Crippen LogP contribution in [-0.4, -0.2) is 52.7 Å². The van der Waals surface area contributed by atoms with Crippen LogP contribution in [0.15, 0.2) is 18.5 Å². The van der Waals surface area contributed by atoms with Gasteiger partial charge in [0.15, 0.2) is 0 Å². The number of likely N-dealkylation sites (N-methyl/N-ethyl adjacent to an activating group) is 1. The Labute approximate surface area is 112 Å². The van der Waals surface area contributed by atoms with Gasteiger partial charge in [-0.2, -0.15) is 11.8 Å². The topological polar surface area (TPSA) is 45.6 Å². The monoisotopic (exact) mass is 268 g/mol. The number of aliphatic hydroxyl groups excluding tert-OH is 1. The van der Waals surface area contributed by atoms with Crippen molar-refractivity contribution in [2.75, 3.05) is 31.7 Å². The van der Waals surface area contributed by atoms with Gasteiger partial charge in [0.25, 0.3) is 0 Å². The maximum Gasteiger partial charge on any atom is 0.137 e. The van der Waals surface area contributed by atoms with E-state index in [9.17, 15) is 5.11 Å². The molecule has 0 amide bonds. The number of pyridine rings is 1. The van der Waals surface area contributed by atoms with E-state index in [1.807, 2.05) is 24.8 Å². The third kappa shape index (κ3) is 3.16. The van der Waals surface area contributed by atoms with Crippen LogP contribution in [0.5, 0.6) is 5.75 Å². The van der Waals surface area contributed by atoms with Crippen LogP contribution < -0.4 is 4.74 Å². The second-order valence-corrected chi connectivity index (χ2v) is 5.60. The van der Waals surface area contributed by atoms with Crippen LogP contribution in [-0.2, 0) is 0 Å². The molecule has 18 heavy (non-hydrogen) atoms. The van der Waals surface area contributed by atoms with Crippen LogP contribution in [0.2, 0.25) is 0 Å². The SMILES string of the molecule is CCOc1cncc(C(O)C2CSCCN2C)c1. The van der Waals surface area contributed by atoms with Gasteiger partial charge in [0, 0.05) is 35.9 Å². The summed E-state index contributed by atoms with van der Waals surface area (Å²) >= 11 is 1.89. The molecule has 1 fully saturated rings. The number of hydrogen-bond acceptors (Lipinski definition) is 5. The zero-order chi connectivity index (χ0) is 13.0. The van der Waals surface area contributed by atoms with E-state index in [1.165, 1.54) is 0 Å². The molecule has 4 nitrogen and oxygen atoms in total. The molecule has 1 saturated heterocycles. The molecule has 2 atom stereocenters. The Bertz CT molecular complexity index is 389. The summed E-state index contributed by atoms with van der Waals surface area (Å²) in [6.07, 6.45) is 2.90. The zero-order valence-electron chi connectivity index (χ0n) is 10.9. The largest absolute Gasteiger partial charge is 0.492 e. The van der Waals surface area contributed by atoms with E-state index in [4.69, 9.17) is 4.74 Å². The first-order chi connectivity index (χ1) is 8.72. The van der Waals surface area contributed by atoms with E-state index in [-0.39, 0.29) is 6.04 Å². The molecule has 100 valence electrons. The highest BCUT2D eigenvalue weighted by molar-refractivity contribution is 7.99. The molecule has 0 aromatic carbocycles. The van der Waals surface area contributed by atoms with Gasteiger partial charge in [-0.25, -0.2) is 0 Å². The normalized spacial score (nSPS) is 22.7. The zero-order valence-corrected chi connectivity index (χ0v) is 11.7. The van der Waals surface area contributed by atoms with E-state index >= 15 is 0 Å². The average Bonchev–Trinajstić information content (AvgIpc) is 2.39.